The Labute approximate surface area is 160 Å². The number of methoxy groups -OCH3 is 1. The van der Waals surface area contributed by atoms with E-state index in [1.807, 2.05) is 24.3 Å². The molecule has 3 rings (SSSR count). The molecule has 2 aromatic carbocycles. The molecule has 5 nitrogen and oxygen atoms in total. The summed E-state index contributed by atoms with van der Waals surface area (Å²) in [4.78, 5) is 14.9. The summed E-state index contributed by atoms with van der Waals surface area (Å²) < 4.78 is 5.13. The van der Waals surface area contributed by atoms with Gasteiger partial charge in [0.15, 0.2) is 5.78 Å². The van der Waals surface area contributed by atoms with Crippen molar-refractivity contribution in [3.05, 3.63) is 53.1 Å². The van der Waals surface area contributed by atoms with Gasteiger partial charge < -0.3 is 14.9 Å². The maximum Gasteiger partial charge on any atom is 0.170 e. The zero-order valence-corrected chi connectivity index (χ0v) is 15.9. The maximum absolute atomic E-state index is 12.7. The van der Waals surface area contributed by atoms with Gasteiger partial charge in [-0.3, -0.25) is 9.69 Å². The summed E-state index contributed by atoms with van der Waals surface area (Å²) in [6, 6.07) is 10.3. The molecule has 0 bridgehead atoms. The number of phenolic OH excluding ortho intramolecular Hbond substituents is 2. The van der Waals surface area contributed by atoms with Crippen LogP contribution in [0.15, 0.2) is 36.4 Å². The number of aromatic hydroxyl groups is 2. The highest BCUT2D eigenvalue weighted by Crippen LogP contribution is 2.33. The Morgan fingerprint density at radius 1 is 1.19 bits per heavy atom. The van der Waals surface area contributed by atoms with Crippen LogP contribution in [-0.4, -0.2) is 41.1 Å². The largest absolute Gasteiger partial charge is 0.507 e. The first-order chi connectivity index (χ1) is 13.0. The van der Waals surface area contributed by atoms with Crippen molar-refractivity contribution in [1.82, 2.24) is 4.90 Å². The van der Waals surface area contributed by atoms with Crippen LogP contribution in [0.1, 0.15) is 41.3 Å². The molecule has 1 atom stereocenters. The summed E-state index contributed by atoms with van der Waals surface area (Å²) in [5.41, 5.74) is 1.54. The lowest BCUT2D eigenvalue weighted by Crippen LogP contribution is -2.33. The molecule has 0 aliphatic carbocycles. The van der Waals surface area contributed by atoms with Gasteiger partial charge >= 0.3 is 0 Å². The number of piperidine rings is 1. The van der Waals surface area contributed by atoms with E-state index in [9.17, 15) is 15.0 Å². The number of hydrogen-bond donors (Lipinski definition) is 2. The van der Waals surface area contributed by atoms with E-state index in [1.54, 1.807) is 7.11 Å². The van der Waals surface area contributed by atoms with Crippen LogP contribution < -0.4 is 4.74 Å². The van der Waals surface area contributed by atoms with Gasteiger partial charge in [-0.15, -0.1) is 0 Å². The van der Waals surface area contributed by atoms with Crippen molar-refractivity contribution in [3.8, 4) is 17.2 Å². The van der Waals surface area contributed by atoms with Crippen LogP contribution in [0.2, 0.25) is 0 Å². The fourth-order valence-corrected chi connectivity index (χ4v) is 3.68. The lowest BCUT2D eigenvalue weighted by Gasteiger charge is -2.31. The second kappa shape index (κ2) is 8.44. The number of rotatable bonds is 6. The van der Waals surface area contributed by atoms with Gasteiger partial charge in [0.05, 0.1) is 18.2 Å². The number of ketones is 1. The van der Waals surface area contributed by atoms with Crippen LogP contribution in [0.25, 0.3) is 0 Å². The molecular weight excluding hydrogens is 342 g/mol. The number of carbonyl (C=O) groups is 1. The number of benzene rings is 2. The van der Waals surface area contributed by atoms with Gasteiger partial charge in [0.2, 0.25) is 0 Å². The molecule has 1 fully saturated rings. The molecule has 1 saturated heterocycles. The second-order valence-electron chi connectivity index (χ2n) is 7.39. The molecular formula is C22H27NO4. The van der Waals surface area contributed by atoms with Crippen molar-refractivity contribution < 1.29 is 19.7 Å². The van der Waals surface area contributed by atoms with Crippen LogP contribution in [-0.2, 0) is 13.0 Å². The highest BCUT2D eigenvalue weighted by atomic mass is 16.5. The number of nitrogens with zero attached hydrogens (tertiary/aromatic N) is 1. The van der Waals surface area contributed by atoms with E-state index in [2.05, 4.69) is 11.8 Å². The molecule has 0 spiro atoms. The molecule has 1 aliphatic heterocycles. The standard InChI is InChI=1S/C22H27NO4/c1-15-4-3-11-23(13-15)14-19-20(24)10-9-18(22(19)26)21(25)12-16-5-7-17(27-2)8-6-16/h5-10,15,24,26H,3-4,11-14H2,1-2H3/t15-/m0/s1. The minimum atomic E-state index is -0.175. The molecule has 27 heavy (non-hydrogen) atoms. The number of hydrogen-bond acceptors (Lipinski definition) is 5. The SMILES string of the molecule is COc1ccc(CC(=O)c2ccc(O)c(CN3CCC[C@H](C)C3)c2O)cc1. The summed E-state index contributed by atoms with van der Waals surface area (Å²) in [5.74, 6) is 1.09. The van der Waals surface area contributed by atoms with Crippen molar-refractivity contribution in [2.24, 2.45) is 5.92 Å². The third-order valence-electron chi connectivity index (χ3n) is 5.21. The van der Waals surface area contributed by atoms with Crippen molar-refractivity contribution in [3.63, 3.8) is 0 Å². The first kappa shape index (κ1) is 19.2. The summed E-state index contributed by atoms with van der Waals surface area (Å²) in [7, 11) is 1.60. The zero-order valence-electron chi connectivity index (χ0n) is 15.9. The number of ether oxygens (including phenoxy) is 1. The molecule has 0 aromatic heterocycles. The fraction of sp³-hybridized carbons (Fsp3) is 0.409. The second-order valence-corrected chi connectivity index (χ2v) is 7.39. The zero-order chi connectivity index (χ0) is 19.4. The Balaban J connectivity index is 1.77. The Morgan fingerprint density at radius 2 is 1.93 bits per heavy atom. The average molecular weight is 369 g/mol. The van der Waals surface area contributed by atoms with Gasteiger partial charge in [-0.2, -0.15) is 0 Å². The van der Waals surface area contributed by atoms with Gasteiger partial charge in [0.1, 0.15) is 17.2 Å². The molecule has 0 saturated carbocycles. The van der Waals surface area contributed by atoms with Gasteiger partial charge in [0, 0.05) is 19.5 Å². The Bertz CT molecular complexity index is 801. The van der Waals surface area contributed by atoms with Crippen LogP contribution in [0.4, 0.5) is 0 Å². The van der Waals surface area contributed by atoms with Gasteiger partial charge in [-0.1, -0.05) is 19.1 Å². The quantitative estimate of drug-likeness (QED) is 0.759. The Kier molecular flexibility index (Phi) is 6.01. The van der Waals surface area contributed by atoms with E-state index in [-0.39, 0.29) is 29.3 Å². The van der Waals surface area contributed by atoms with Crippen LogP contribution >= 0.6 is 0 Å². The number of carbonyl (C=O) groups excluding carboxylic acids is 1. The molecule has 2 aromatic rings. The van der Waals surface area contributed by atoms with Crippen molar-refractivity contribution in [2.45, 2.75) is 32.7 Å². The predicted octanol–water partition coefficient (Wildman–Crippen LogP) is 3.76. The fourth-order valence-electron chi connectivity index (χ4n) is 3.68. The van der Waals surface area contributed by atoms with Crippen molar-refractivity contribution >= 4 is 5.78 Å². The minimum Gasteiger partial charge on any atom is -0.507 e. The van der Waals surface area contributed by atoms with Crippen molar-refractivity contribution in [1.29, 1.82) is 0 Å². The summed E-state index contributed by atoms with van der Waals surface area (Å²) in [6.45, 7) is 4.53. The Morgan fingerprint density at radius 3 is 2.59 bits per heavy atom. The summed E-state index contributed by atoms with van der Waals surface area (Å²) >= 11 is 0. The lowest BCUT2D eigenvalue weighted by molar-refractivity contribution is 0.0989. The molecule has 0 unspecified atom stereocenters. The molecule has 1 heterocycles. The molecule has 144 valence electrons. The highest BCUT2D eigenvalue weighted by Gasteiger charge is 2.22. The van der Waals surface area contributed by atoms with E-state index in [4.69, 9.17) is 4.74 Å². The highest BCUT2D eigenvalue weighted by molar-refractivity contribution is 6.00. The molecule has 0 amide bonds. The first-order valence-corrected chi connectivity index (χ1v) is 9.40. The molecule has 1 aliphatic rings. The number of likely N-dealkylation sites (tertiary alicyclic amines) is 1. The predicted molar refractivity (Wildman–Crippen MR) is 104 cm³/mol. The van der Waals surface area contributed by atoms with E-state index in [1.165, 1.54) is 18.6 Å². The third kappa shape index (κ3) is 4.61. The molecule has 5 heteroatoms. The van der Waals surface area contributed by atoms with E-state index in [0.717, 1.165) is 30.8 Å². The van der Waals surface area contributed by atoms with Gasteiger partial charge in [-0.05, 0) is 55.1 Å². The monoisotopic (exact) mass is 369 g/mol. The lowest BCUT2D eigenvalue weighted by atomic mass is 9.97. The first-order valence-electron chi connectivity index (χ1n) is 9.40. The van der Waals surface area contributed by atoms with Crippen LogP contribution in [0, 0.1) is 5.92 Å². The molecule has 2 N–H and O–H groups in total. The number of phenols is 2. The summed E-state index contributed by atoms with van der Waals surface area (Å²) in [6.07, 6.45) is 2.50. The smallest absolute Gasteiger partial charge is 0.170 e. The van der Waals surface area contributed by atoms with Crippen LogP contribution in [0.5, 0.6) is 17.2 Å². The number of Topliss-reactive ketones (excluding diaryl/α,β-unsaturated/α-hetero) is 1. The van der Waals surface area contributed by atoms with E-state index < -0.39 is 0 Å². The third-order valence-corrected chi connectivity index (χ3v) is 5.21. The average Bonchev–Trinajstić information content (AvgIpc) is 2.65. The normalized spacial score (nSPS) is 17.6. The van der Waals surface area contributed by atoms with E-state index in [0.29, 0.717) is 18.0 Å². The van der Waals surface area contributed by atoms with E-state index >= 15 is 0 Å². The van der Waals surface area contributed by atoms with Gasteiger partial charge in [-0.25, -0.2) is 0 Å². The van der Waals surface area contributed by atoms with Gasteiger partial charge in [0.25, 0.3) is 0 Å². The Hall–Kier alpha value is -2.53. The topological polar surface area (TPSA) is 70.0 Å². The maximum atomic E-state index is 12.7. The van der Waals surface area contributed by atoms with Crippen molar-refractivity contribution in [2.75, 3.05) is 20.2 Å². The molecule has 0 radical (unpaired) electrons. The minimum absolute atomic E-state index is 0.0340. The van der Waals surface area contributed by atoms with Crippen LogP contribution in [0.3, 0.4) is 0 Å². The summed E-state index contributed by atoms with van der Waals surface area (Å²) in [5, 5.41) is 20.9.